The first-order valence-corrected chi connectivity index (χ1v) is 9.97. The molecule has 1 aromatic carbocycles. The molecule has 7 heteroatoms. The molecule has 5 nitrogen and oxygen atoms in total. The zero-order valence-electron chi connectivity index (χ0n) is 13.4. The Balaban J connectivity index is 1.94. The quantitative estimate of drug-likeness (QED) is 0.780. The van der Waals surface area contributed by atoms with Crippen molar-refractivity contribution in [3.05, 3.63) is 53.0 Å². The van der Waals surface area contributed by atoms with Crippen LogP contribution in [0.3, 0.4) is 0 Å². The molecule has 4 rings (SSSR count). The third kappa shape index (κ3) is 2.35. The predicted molar refractivity (Wildman–Crippen MR) is 97.4 cm³/mol. The van der Waals surface area contributed by atoms with Crippen molar-refractivity contribution in [3.8, 4) is 0 Å². The van der Waals surface area contributed by atoms with E-state index in [1.165, 1.54) is 15.3 Å². The van der Waals surface area contributed by atoms with Gasteiger partial charge in [-0.1, -0.05) is 17.7 Å². The first-order valence-electron chi connectivity index (χ1n) is 7.65. The summed E-state index contributed by atoms with van der Waals surface area (Å²) in [4.78, 5) is 4.39. The molecule has 124 valence electrons. The molecular weight excluding hydrogens is 342 g/mol. The van der Waals surface area contributed by atoms with Crippen LogP contribution in [0, 0.1) is 6.92 Å². The van der Waals surface area contributed by atoms with Gasteiger partial charge in [0.2, 0.25) is 0 Å². The second kappa shape index (κ2) is 5.46. The van der Waals surface area contributed by atoms with Crippen molar-refractivity contribution in [1.29, 1.82) is 0 Å². The highest BCUT2D eigenvalue weighted by Crippen LogP contribution is 2.32. The standard InChI is InChI=1S/C17H17N3O2S2/c1-11-5-6-16-13(8-11)14(15-9-18-12(2)19-15)10-20(16)24(21,22)17-4-3-7-23-17/h3-8,10,15H,9H2,1-2H3,(H,18,19). The average molecular weight is 359 g/mol. The Bertz CT molecular complexity index is 1050. The molecule has 0 amide bonds. The molecule has 3 aromatic rings. The zero-order valence-corrected chi connectivity index (χ0v) is 15.0. The summed E-state index contributed by atoms with van der Waals surface area (Å²) in [5.41, 5.74) is 2.77. The topological polar surface area (TPSA) is 63.5 Å². The molecule has 0 aliphatic carbocycles. The molecule has 0 radical (unpaired) electrons. The summed E-state index contributed by atoms with van der Waals surface area (Å²) in [5, 5.41) is 6.06. The van der Waals surface area contributed by atoms with Crippen LogP contribution in [0.2, 0.25) is 0 Å². The lowest BCUT2D eigenvalue weighted by Crippen LogP contribution is -2.20. The minimum atomic E-state index is -3.59. The summed E-state index contributed by atoms with van der Waals surface area (Å²) in [6.07, 6.45) is 1.74. The van der Waals surface area contributed by atoms with E-state index in [9.17, 15) is 8.42 Å². The van der Waals surface area contributed by atoms with Gasteiger partial charge in [0.15, 0.2) is 0 Å². The van der Waals surface area contributed by atoms with E-state index in [0.29, 0.717) is 16.3 Å². The summed E-state index contributed by atoms with van der Waals surface area (Å²) in [5.74, 6) is 0.884. The van der Waals surface area contributed by atoms with Gasteiger partial charge in [-0.3, -0.25) is 4.99 Å². The highest BCUT2D eigenvalue weighted by atomic mass is 32.2. The molecule has 0 spiro atoms. The monoisotopic (exact) mass is 359 g/mol. The lowest BCUT2D eigenvalue weighted by atomic mass is 10.0. The number of rotatable bonds is 3. The van der Waals surface area contributed by atoms with Crippen molar-refractivity contribution in [1.82, 2.24) is 9.29 Å². The minimum Gasteiger partial charge on any atom is -0.365 e. The summed E-state index contributed by atoms with van der Waals surface area (Å²) in [6.45, 7) is 4.56. The maximum atomic E-state index is 13.0. The van der Waals surface area contributed by atoms with Gasteiger partial charge in [-0.2, -0.15) is 8.42 Å². The number of amidine groups is 1. The number of fused-ring (bicyclic) bond motifs is 1. The van der Waals surface area contributed by atoms with Gasteiger partial charge in [-0.05, 0) is 37.4 Å². The van der Waals surface area contributed by atoms with Crippen molar-refractivity contribution in [2.24, 2.45) is 4.99 Å². The zero-order chi connectivity index (χ0) is 16.9. The molecule has 1 N–H and O–H groups in total. The molecule has 3 heterocycles. The van der Waals surface area contributed by atoms with E-state index in [1.54, 1.807) is 23.7 Å². The van der Waals surface area contributed by atoms with Crippen LogP contribution in [0.5, 0.6) is 0 Å². The Hall–Kier alpha value is -2.12. The van der Waals surface area contributed by atoms with Crippen LogP contribution >= 0.6 is 11.3 Å². The second-order valence-electron chi connectivity index (χ2n) is 5.96. The van der Waals surface area contributed by atoms with Crippen molar-refractivity contribution >= 4 is 38.1 Å². The molecule has 1 aliphatic heterocycles. The van der Waals surface area contributed by atoms with Gasteiger partial charge in [0, 0.05) is 17.1 Å². The van der Waals surface area contributed by atoms with Gasteiger partial charge >= 0.3 is 0 Å². The van der Waals surface area contributed by atoms with Gasteiger partial charge < -0.3 is 5.32 Å². The van der Waals surface area contributed by atoms with Crippen LogP contribution in [0.15, 0.2) is 51.1 Å². The molecule has 0 saturated heterocycles. The van der Waals surface area contributed by atoms with Crippen molar-refractivity contribution in [3.63, 3.8) is 0 Å². The lowest BCUT2D eigenvalue weighted by Gasteiger charge is -2.09. The third-order valence-corrected chi connectivity index (χ3v) is 7.28. The average Bonchev–Trinajstić information content (AvgIpc) is 3.25. The number of hydrogen-bond acceptors (Lipinski definition) is 5. The molecule has 0 bridgehead atoms. The van der Waals surface area contributed by atoms with Crippen molar-refractivity contribution in [2.75, 3.05) is 6.54 Å². The summed E-state index contributed by atoms with van der Waals surface area (Å²) >= 11 is 1.23. The normalized spacial score (nSPS) is 17.9. The fourth-order valence-corrected chi connectivity index (χ4v) is 5.53. The van der Waals surface area contributed by atoms with Gasteiger partial charge in [0.1, 0.15) is 4.21 Å². The molecule has 1 unspecified atom stereocenters. The van der Waals surface area contributed by atoms with E-state index in [-0.39, 0.29) is 6.04 Å². The summed E-state index contributed by atoms with van der Waals surface area (Å²) < 4.78 is 27.8. The molecule has 0 saturated carbocycles. The Kier molecular flexibility index (Phi) is 3.51. The highest BCUT2D eigenvalue weighted by molar-refractivity contribution is 7.92. The molecule has 2 aromatic heterocycles. The van der Waals surface area contributed by atoms with E-state index in [0.717, 1.165) is 22.3 Å². The number of thiophene rings is 1. The maximum absolute atomic E-state index is 13.0. The van der Waals surface area contributed by atoms with Gasteiger partial charge in [-0.15, -0.1) is 11.3 Å². The van der Waals surface area contributed by atoms with Gasteiger partial charge in [0.25, 0.3) is 10.0 Å². The fourth-order valence-electron chi connectivity index (χ4n) is 3.07. The molecule has 1 atom stereocenters. The molecule has 24 heavy (non-hydrogen) atoms. The van der Waals surface area contributed by atoms with Gasteiger partial charge in [-0.25, -0.2) is 3.97 Å². The number of benzene rings is 1. The number of nitrogens with zero attached hydrogens (tertiary/aromatic N) is 2. The van der Waals surface area contributed by atoms with E-state index >= 15 is 0 Å². The number of hydrogen-bond donors (Lipinski definition) is 1. The van der Waals surface area contributed by atoms with Crippen LogP contribution in [0.4, 0.5) is 0 Å². The Morgan fingerprint density at radius 3 is 2.79 bits per heavy atom. The van der Waals surface area contributed by atoms with E-state index in [4.69, 9.17) is 0 Å². The number of nitrogens with one attached hydrogen (secondary N) is 1. The van der Waals surface area contributed by atoms with Crippen LogP contribution in [-0.4, -0.2) is 24.8 Å². The van der Waals surface area contributed by atoms with Crippen LogP contribution in [0.25, 0.3) is 10.9 Å². The van der Waals surface area contributed by atoms with Crippen molar-refractivity contribution < 1.29 is 8.42 Å². The van der Waals surface area contributed by atoms with E-state index in [2.05, 4.69) is 10.3 Å². The number of aromatic nitrogens is 1. The van der Waals surface area contributed by atoms with Crippen LogP contribution in [0.1, 0.15) is 24.1 Å². The fraction of sp³-hybridized carbons (Fsp3) is 0.235. The molecule has 0 fully saturated rings. The largest absolute Gasteiger partial charge is 0.365 e. The van der Waals surface area contributed by atoms with Crippen LogP contribution < -0.4 is 5.32 Å². The highest BCUT2D eigenvalue weighted by Gasteiger charge is 2.26. The van der Waals surface area contributed by atoms with Gasteiger partial charge in [0.05, 0.1) is 23.9 Å². The van der Waals surface area contributed by atoms with Crippen molar-refractivity contribution in [2.45, 2.75) is 24.1 Å². The van der Waals surface area contributed by atoms with Crippen LogP contribution in [-0.2, 0) is 10.0 Å². The molecular formula is C17H17N3O2S2. The molecule has 1 aliphatic rings. The van der Waals surface area contributed by atoms with E-state index in [1.807, 2.05) is 32.0 Å². The Morgan fingerprint density at radius 2 is 2.12 bits per heavy atom. The lowest BCUT2D eigenvalue weighted by molar-refractivity contribution is 0.590. The first-order chi connectivity index (χ1) is 11.5. The number of aryl methyl sites for hydroxylation is 1. The summed E-state index contributed by atoms with van der Waals surface area (Å²) in [7, 11) is -3.59. The number of aliphatic imine (C=N–C) groups is 1. The SMILES string of the molecule is CC1=NCC(c2cn(S(=O)(=O)c3cccs3)c3ccc(C)cc23)N1. The summed E-state index contributed by atoms with van der Waals surface area (Å²) in [6, 6.07) is 9.26. The maximum Gasteiger partial charge on any atom is 0.277 e. The first kappa shape index (κ1) is 15.4. The Labute approximate surface area is 144 Å². The predicted octanol–water partition coefficient (Wildman–Crippen LogP) is 3.31. The third-order valence-electron chi connectivity index (χ3n) is 4.23. The van der Waals surface area contributed by atoms with E-state index < -0.39 is 10.0 Å². The Morgan fingerprint density at radius 1 is 1.29 bits per heavy atom. The minimum absolute atomic E-state index is 0.00841. The smallest absolute Gasteiger partial charge is 0.277 e. The second-order valence-corrected chi connectivity index (χ2v) is 8.95.